The van der Waals surface area contributed by atoms with E-state index in [1.54, 1.807) is 60.7 Å². The lowest BCUT2D eigenvalue weighted by atomic mass is 10.1. The number of para-hydroxylation sites is 1. The first kappa shape index (κ1) is 27.7. The Morgan fingerprint density at radius 1 is 1.03 bits per heavy atom. The number of amides is 3. The van der Waals surface area contributed by atoms with Crippen molar-refractivity contribution < 1.29 is 33.8 Å². The second-order valence-electron chi connectivity index (χ2n) is 8.23. The fraction of sp³-hybridized carbons (Fsp3) is 0.143. The molecule has 0 spiro atoms. The van der Waals surface area contributed by atoms with Crippen LogP contribution in [0.1, 0.15) is 28.4 Å². The standard InChI is InChI=1S/C28H23ClN2O7S/c1-2-37-23-13-18(9-12-22(23)38-16-17-7-10-19(11-8-17)27(34)35)14-24-26(33)31(28(36)39-24)15-25(32)30-21-6-4-3-5-20(21)29/h3-14H,2,15-16H2,1H3,(H,30,32)(H,34,35)/b24-14+. The molecule has 0 radical (unpaired) electrons. The first-order chi connectivity index (χ1) is 18.7. The molecule has 1 fully saturated rings. The Bertz CT molecular complexity index is 1460. The predicted octanol–water partition coefficient (Wildman–Crippen LogP) is 5.69. The Morgan fingerprint density at radius 2 is 1.77 bits per heavy atom. The molecule has 9 nitrogen and oxygen atoms in total. The molecule has 3 amide bonds. The number of carboxylic acid groups (broad SMARTS) is 1. The number of benzene rings is 3. The van der Waals surface area contributed by atoms with Gasteiger partial charge in [0, 0.05) is 0 Å². The van der Waals surface area contributed by atoms with Crippen molar-refractivity contribution in [2.45, 2.75) is 13.5 Å². The van der Waals surface area contributed by atoms with Crippen LogP contribution in [-0.4, -0.2) is 46.2 Å². The van der Waals surface area contributed by atoms with Crippen molar-refractivity contribution in [2.75, 3.05) is 18.5 Å². The zero-order valence-electron chi connectivity index (χ0n) is 20.7. The van der Waals surface area contributed by atoms with Crippen molar-refractivity contribution >= 4 is 58.1 Å². The Hall–Kier alpha value is -4.28. The van der Waals surface area contributed by atoms with E-state index in [-0.39, 0.29) is 17.1 Å². The van der Waals surface area contributed by atoms with Crippen LogP contribution in [0.3, 0.4) is 0 Å². The molecule has 0 aromatic heterocycles. The topological polar surface area (TPSA) is 122 Å². The summed E-state index contributed by atoms with van der Waals surface area (Å²) in [5, 5.41) is 11.4. The molecule has 1 aliphatic rings. The maximum atomic E-state index is 12.9. The molecule has 0 aliphatic carbocycles. The number of imide groups is 1. The highest BCUT2D eigenvalue weighted by Gasteiger charge is 2.36. The number of carboxylic acids is 1. The Labute approximate surface area is 233 Å². The zero-order chi connectivity index (χ0) is 27.9. The number of carbonyl (C=O) groups is 4. The highest BCUT2D eigenvalue weighted by Crippen LogP contribution is 2.35. The van der Waals surface area contributed by atoms with Crippen molar-refractivity contribution in [3.8, 4) is 11.5 Å². The van der Waals surface area contributed by atoms with E-state index >= 15 is 0 Å². The molecule has 0 unspecified atom stereocenters. The normalized spacial score (nSPS) is 14.0. The van der Waals surface area contributed by atoms with Crippen LogP contribution >= 0.6 is 23.4 Å². The van der Waals surface area contributed by atoms with Gasteiger partial charge in [-0.3, -0.25) is 19.3 Å². The number of ether oxygens (including phenoxy) is 2. The van der Waals surface area contributed by atoms with Crippen molar-refractivity contribution in [2.24, 2.45) is 0 Å². The van der Waals surface area contributed by atoms with Gasteiger partial charge < -0.3 is 19.9 Å². The molecule has 0 saturated carbocycles. The molecule has 1 aliphatic heterocycles. The molecule has 1 saturated heterocycles. The summed E-state index contributed by atoms with van der Waals surface area (Å²) in [5.74, 6) is -1.24. The summed E-state index contributed by atoms with van der Waals surface area (Å²) in [4.78, 5) is 49.9. The molecule has 39 heavy (non-hydrogen) atoms. The number of anilines is 1. The van der Waals surface area contributed by atoms with E-state index in [0.717, 1.165) is 22.2 Å². The largest absolute Gasteiger partial charge is 0.490 e. The lowest BCUT2D eigenvalue weighted by Crippen LogP contribution is -2.36. The number of nitrogens with zero attached hydrogens (tertiary/aromatic N) is 1. The van der Waals surface area contributed by atoms with Gasteiger partial charge in [0.1, 0.15) is 13.2 Å². The van der Waals surface area contributed by atoms with Gasteiger partial charge in [-0.25, -0.2) is 4.79 Å². The average molecular weight is 567 g/mol. The number of hydrogen-bond acceptors (Lipinski definition) is 7. The number of aromatic carboxylic acids is 1. The smallest absolute Gasteiger partial charge is 0.335 e. The number of rotatable bonds is 10. The van der Waals surface area contributed by atoms with Crippen LogP contribution in [0.5, 0.6) is 11.5 Å². The van der Waals surface area contributed by atoms with Crippen molar-refractivity contribution in [3.05, 3.63) is 93.3 Å². The number of nitrogens with one attached hydrogen (secondary N) is 1. The molecular weight excluding hydrogens is 544 g/mol. The first-order valence-corrected chi connectivity index (χ1v) is 13.0. The van der Waals surface area contributed by atoms with Gasteiger partial charge in [0.05, 0.1) is 27.8 Å². The Morgan fingerprint density at radius 3 is 2.46 bits per heavy atom. The van der Waals surface area contributed by atoms with Crippen LogP contribution in [0.15, 0.2) is 71.6 Å². The highest BCUT2D eigenvalue weighted by molar-refractivity contribution is 8.18. The monoisotopic (exact) mass is 566 g/mol. The van der Waals surface area contributed by atoms with Crippen LogP contribution in [0, 0.1) is 0 Å². The van der Waals surface area contributed by atoms with Crippen molar-refractivity contribution in [3.63, 3.8) is 0 Å². The van der Waals surface area contributed by atoms with E-state index < -0.39 is 29.6 Å². The first-order valence-electron chi connectivity index (χ1n) is 11.8. The maximum Gasteiger partial charge on any atom is 0.335 e. The van der Waals surface area contributed by atoms with Crippen LogP contribution in [-0.2, 0) is 16.2 Å². The van der Waals surface area contributed by atoms with Gasteiger partial charge in [0.15, 0.2) is 11.5 Å². The number of thioether (sulfide) groups is 1. The van der Waals surface area contributed by atoms with E-state index in [1.165, 1.54) is 12.1 Å². The minimum Gasteiger partial charge on any atom is -0.490 e. The third kappa shape index (κ3) is 6.98. The molecule has 0 atom stereocenters. The third-order valence-corrected chi connectivity index (χ3v) is 6.72. The quantitative estimate of drug-likeness (QED) is 0.300. The van der Waals surface area contributed by atoms with Gasteiger partial charge in [-0.05, 0) is 72.3 Å². The second kappa shape index (κ2) is 12.5. The SMILES string of the molecule is CCOc1cc(/C=C2/SC(=O)N(CC(=O)Nc3ccccc3Cl)C2=O)ccc1OCc1ccc(C(=O)O)cc1. The van der Waals surface area contributed by atoms with E-state index in [2.05, 4.69) is 5.32 Å². The van der Waals surface area contributed by atoms with Crippen LogP contribution in [0.25, 0.3) is 6.08 Å². The van der Waals surface area contributed by atoms with Crippen molar-refractivity contribution in [1.29, 1.82) is 0 Å². The molecule has 11 heteroatoms. The lowest BCUT2D eigenvalue weighted by molar-refractivity contribution is -0.127. The minimum atomic E-state index is -1.00. The maximum absolute atomic E-state index is 12.9. The number of halogens is 1. The molecule has 3 aromatic rings. The van der Waals surface area contributed by atoms with Gasteiger partial charge in [0.2, 0.25) is 5.91 Å². The summed E-state index contributed by atoms with van der Waals surface area (Å²) in [6.07, 6.45) is 1.55. The summed E-state index contributed by atoms with van der Waals surface area (Å²) in [6.45, 7) is 1.93. The molecule has 200 valence electrons. The van der Waals surface area contributed by atoms with E-state index in [0.29, 0.717) is 34.4 Å². The fourth-order valence-corrected chi connectivity index (χ4v) is 4.61. The minimum absolute atomic E-state index is 0.167. The third-order valence-electron chi connectivity index (χ3n) is 5.48. The van der Waals surface area contributed by atoms with Crippen LogP contribution < -0.4 is 14.8 Å². The average Bonchev–Trinajstić information content (AvgIpc) is 3.17. The highest BCUT2D eigenvalue weighted by atomic mass is 35.5. The molecule has 0 bridgehead atoms. The van der Waals surface area contributed by atoms with Gasteiger partial charge in [-0.15, -0.1) is 0 Å². The summed E-state index contributed by atoms with van der Waals surface area (Å²) in [5.41, 5.74) is 1.94. The molecular formula is C28H23ClN2O7S. The number of carbonyl (C=O) groups excluding carboxylic acids is 3. The van der Waals surface area contributed by atoms with E-state index in [9.17, 15) is 19.2 Å². The second-order valence-corrected chi connectivity index (χ2v) is 9.63. The summed E-state index contributed by atoms with van der Waals surface area (Å²) in [6, 6.07) is 18.1. The Balaban J connectivity index is 1.44. The number of hydrogen-bond donors (Lipinski definition) is 2. The van der Waals surface area contributed by atoms with Crippen molar-refractivity contribution in [1.82, 2.24) is 4.90 Å². The van der Waals surface area contributed by atoms with Crippen LogP contribution in [0.4, 0.5) is 10.5 Å². The van der Waals surface area contributed by atoms with Crippen LogP contribution in [0.2, 0.25) is 5.02 Å². The Kier molecular flexibility index (Phi) is 8.90. The molecule has 3 aromatic carbocycles. The van der Waals surface area contributed by atoms with E-state index in [1.807, 2.05) is 6.92 Å². The van der Waals surface area contributed by atoms with E-state index in [4.69, 9.17) is 26.2 Å². The van der Waals surface area contributed by atoms with Gasteiger partial charge in [-0.1, -0.05) is 41.9 Å². The van der Waals surface area contributed by atoms with Gasteiger partial charge in [0.25, 0.3) is 11.1 Å². The van der Waals surface area contributed by atoms with Gasteiger partial charge >= 0.3 is 5.97 Å². The molecule has 1 heterocycles. The fourth-order valence-electron chi connectivity index (χ4n) is 3.59. The predicted molar refractivity (Wildman–Crippen MR) is 148 cm³/mol. The molecule has 2 N–H and O–H groups in total. The lowest BCUT2D eigenvalue weighted by Gasteiger charge is -2.13. The summed E-state index contributed by atoms with van der Waals surface area (Å²) in [7, 11) is 0. The zero-order valence-corrected chi connectivity index (χ0v) is 22.3. The molecule has 4 rings (SSSR count). The summed E-state index contributed by atoms with van der Waals surface area (Å²) >= 11 is 6.80. The van der Waals surface area contributed by atoms with Gasteiger partial charge in [-0.2, -0.15) is 0 Å². The summed E-state index contributed by atoms with van der Waals surface area (Å²) < 4.78 is 11.6.